The lowest BCUT2D eigenvalue weighted by atomic mass is 10.1. The predicted molar refractivity (Wildman–Crippen MR) is 129 cm³/mol. The van der Waals surface area contributed by atoms with Gasteiger partial charge in [0.1, 0.15) is 18.1 Å². The van der Waals surface area contributed by atoms with Gasteiger partial charge < -0.3 is 19.3 Å². The summed E-state index contributed by atoms with van der Waals surface area (Å²) in [5.74, 6) is 1.29. The number of halogens is 1. The zero-order chi connectivity index (χ0) is 23.6. The number of rotatable bonds is 9. The van der Waals surface area contributed by atoms with E-state index in [1.807, 2.05) is 48.6 Å². The number of phenols is 1. The molecule has 33 heavy (non-hydrogen) atoms. The number of aromatic hydroxyl groups is 1. The number of ether oxygens (including phenoxy) is 3. The number of carbonyl (C=O) groups excluding carboxylic acids is 1. The molecule has 0 unspecified atom stereocenters. The lowest BCUT2D eigenvalue weighted by Crippen LogP contribution is -2.17. The van der Waals surface area contributed by atoms with Gasteiger partial charge in [0.25, 0.3) is 5.91 Å². The summed E-state index contributed by atoms with van der Waals surface area (Å²) in [4.78, 5) is 12.2. The average Bonchev–Trinajstić information content (AvgIpc) is 2.83. The second-order valence-electron chi connectivity index (χ2n) is 6.74. The van der Waals surface area contributed by atoms with Crippen LogP contribution in [0.2, 0.25) is 5.02 Å². The van der Waals surface area contributed by atoms with E-state index < -0.39 is 5.91 Å². The van der Waals surface area contributed by atoms with E-state index >= 15 is 0 Å². The van der Waals surface area contributed by atoms with Crippen LogP contribution in [0.4, 0.5) is 0 Å². The van der Waals surface area contributed by atoms with Crippen LogP contribution in [0.25, 0.3) is 6.08 Å². The molecule has 3 aromatic carbocycles. The number of carbonyl (C=O) groups is 1. The molecule has 3 rings (SSSR count). The number of methoxy groups -OCH3 is 2. The topological polar surface area (TPSA) is 89.4 Å². The molecule has 0 atom stereocenters. The van der Waals surface area contributed by atoms with Crippen LogP contribution in [-0.4, -0.2) is 38.1 Å². The van der Waals surface area contributed by atoms with Gasteiger partial charge in [0.15, 0.2) is 11.5 Å². The molecule has 170 valence electrons. The van der Waals surface area contributed by atoms with E-state index in [2.05, 4.69) is 10.5 Å². The van der Waals surface area contributed by atoms with Gasteiger partial charge in [-0.05, 0) is 54.1 Å². The van der Waals surface area contributed by atoms with Crippen LogP contribution in [0.1, 0.15) is 21.5 Å². The first kappa shape index (κ1) is 23.7. The highest BCUT2D eigenvalue weighted by Crippen LogP contribution is 2.33. The van der Waals surface area contributed by atoms with Gasteiger partial charge in [0.05, 0.1) is 25.5 Å². The van der Waals surface area contributed by atoms with Gasteiger partial charge in [0.2, 0.25) is 0 Å². The second kappa shape index (κ2) is 11.6. The molecule has 0 bridgehead atoms. The van der Waals surface area contributed by atoms with E-state index in [4.69, 9.17) is 25.8 Å². The smallest absolute Gasteiger partial charge is 0.271 e. The number of amides is 1. The molecule has 0 aromatic heterocycles. The summed E-state index contributed by atoms with van der Waals surface area (Å²) >= 11 is 5.84. The van der Waals surface area contributed by atoms with Gasteiger partial charge in [0, 0.05) is 11.1 Å². The molecule has 1 amide bonds. The predicted octanol–water partition coefficient (Wildman–Crippen LogP) is 4.92. The number of hydrogen-bond acceptors (Lipinski definition) is 6. The maximum atomic E-state index is 12.2. The lowest BCUT2D eigenvalue weighted by Gasteiger charge is -2.12. The molecule has 7 nitrogen and oxygen atoms in total. The molecular formula is C25H23ClN2O5. The third-order valence-corrected chi connectivity index (χ3v) is 4.81. The lowest BCUT2D eigenvalue weighted by molar-refractivity contribution is 0.0955. The quantitative estimate of drug-likeness (QED) is 0.345. The fraction of sp³-hybridized carbons (Fsp3) is 0.120. The molecular weight excluding hydrogens is 444 g/mol. The minimum Gasteiger partial charge on any atom is -0.506 e. The molecule has 0 aliphatic carbocycles. The van der Waals surface area contributed by atoms with Gasteiger partial charge in [-0.15, -0.1) is 0 Å². The molecule has 0 fully saturated rings. The summed E-state index contributed by atoms with van der Waals surface area (Å²) in [5.41, 5.74) is 4.14. The number of nitrogens with zero attached hydrogens (tertiary/aromatic N) is 1. The van der Waals surface area contributed by atoms with E-state index in [1.165, 1.54) is 24.4 Å². The fourth-order valence-electron chi connectivity index (χ4n) is 2.93. The van der Waals surface area contributed by atoms with Crippen molar-refractivity contribution in [3.8, 4) is 23.0 Å². The van der Waals surface area contributed by atoms with E-state index in [9.17, 15) is 9.90 Å². The Bertz CT molecular complexity index is 1160. The Kier molecular flexibility index (Phi) is 8.32. The van der Waals surface area contributed by atoms with Crippen molar-refractivity contribution in [1.29, 1.82) is 0 Å². The maximum absolute atomic E-state index is 12.2. The van der Waals surface area contributed by atoms with E-state index in [-0.39, 0.29) is 16.3 Å². The van der Waals surface area contributed by atoms with Crippen LogP contribution >= 0.6 is 11.6 Å². The summed E-state index contributed by atoms with van der Waals surface area (Å²) in [6.07, 6.45) is 5.21. The summed E-state index contributed by atoms with van der Waals surface area (Å²) in [5, 5.41) is 13.6. The molecule has 0 spiro atoms. The molecule has 0 saturated heterocycles. The summed E-state index contributed by atoms with van der Waals surface area (Å²) in [6, 6.07) is 17.2. The standard InChI is InChI=1S/C25H23ClN2O5/c1-31-23-14-17(16-27-28-25(30)19-10-11-22(29)21(26)15-19)13-18(24(23)32-2)7-6-12-33-20-8-4-3-5-9-20/h3-11,13-16,29H,12H2,1-2H3,(H,28,30). The van der Waals surface area contributed by atoms with Crippen molar-refractivity contribution < 1.29 is 24.1 Å². The van der Waals surface area contributed by atoms with Gasteiger partial charge >= 0.3 is 0 Å². The summed E-state index contributed by atoms with van der Waals surface area (Å²) < 4.78 is 16.6. The van der Waals surface area contributed by atoms with Crippen LogP contribution in [0, 0.1) is 0 Å². The molecule has 3 aromatic rings. The minimum atomic E-state index is -0.466. The van der Waals surface area contributed by atoms with Gasteiger partial charge in [-0.2, -0.15) is 5.10 Å². The highest BCUT2D eigenvalue weighted by molar-refractivity contribution is 6.32. The highest BCUT2D eigenvalue weighted by atomic mass is 35.5. The third-order valence-electron chi connectivity index (χ3n) is 4.51. The van der Waals surface area contributed by atoms with E-state index in [0.29, 0.717) is 23.7 Å². The fourth-order valence-corrected chi connectivity index (χ4v) is 3.11. The number of hydrazone groups is 1. The number of benzene rings is 3. The van der Waals surface area contributed by atoms with Crippen molar-refractivity contribution in [3.05, 3.63) is 88.5 Å². The Labute approximate surface area is 196 Å². The molecule has 0 saturated carbocycles. The van der Waals surface area contributed by atoms with Crippen LogP contribution in [0.15, 0.2) is 71.8 Å². The van der Waals surface area contributed by atoms with Crippen molar-refractivity contribution in [1.82, 2.24) is 5.43 Å². The molecule has 0 heterocycles. The molecule has 8 heteroatoms. The van der Waals surface area contributed by atoms with Crippen molar-refractivity contribution in [2.45, 2.75) is 0 Å². The van der Waals surface area contributed by atoms with Crippen LogP contribution < -0.4 is 19.6 Å². The zero-order valence-corrected chi connectivity index (χ0v) is 18.9. The molecule has 0 aliphatic rings. The van der Waals surface area contributed by atoms with Crippen molar-refractivity contribution >= 4 is 29.8 Å². The largest absolute Gasteiger partial charge is 0.506 e. The first-order valence-electron chi connectivity index (χ1n) is 9.94. The van der Waals surface area contributed by atoms with Crippen LogP contribution in [0.3, 0.4) is 0 Å². The Morgan fingerprint density at radius 1 is 1.09 bits per heavy atom. The third kappa shape index (κ3) is 6.51. The SMILES string of the molecule is COc1cc(C=NNC(=O)c2ccc(O)c(Cl)c2)cc(C=CCOc2ccccc2)c1OC. The Hall–Kier alpha value is -3.97. The first-order valence-corrected chi connectivity index (χ1v) is 10.3. The summed E-state index contributed by atoms with van der Waals surface area (Å²) in [6.45, 7) is 0.374. The van der Waals surface area contributed by atoms with E-state index in [1.54, 1.807) is 20.3 Å². The van der Waals surface area contributed by atoms with Gasteiger partial charge in [-0.1, -0.05) is 35.9 Å². The normalized spacial score (nSPS) is 11.0. The highest BCUT2D eigenvalue weighted by Gasteiger charge is 2.11. The van der Waals surface area contributed by atoms with Crippen LogP contribution in [0.5, 0.6) is 23.0 Å². The molecule has 2 N–H and O–H groups in total. The number of hydrogen-bond donors (Lipinski definition) is 2. The zero-order valence-electron chi connectivity index (χ0n) is 18.1. The molecule has 0 aliphatic heterocycles. The maximum Gasteiger partial charge on any atom is 0.271 e. The Morgan fingerprint density at radius 3 is 2.58 bits per heavy atom. The van der Waals surface area contributed by atoms with Crippen molar-refractivity contribution in [2.24, 2.45) is 5.10 Å². The average molecular weight is 467 g/mol. The Morgan fingerprint density at radius 2 is 1.88 bits per heavy atom. The number of phenolic OH excluding ortho intramolecular Hbond substituents is 1. The summed E-state index contributed by atoms with van der Waals surface area (Å²) in [7, 11) is 3.10. The first-order chi connectivity index (χ1) is 16.0. The van der Waals surface area contributed by atoms with Crippen molar-refractivity contribution in [2.75, 3.05) is 20.8 Å². The van der Waals surface area contributed by atoms with Crippen LogP contribution in [-0.2, 0) is 0 Å². The Balaban J connectivity index is 1.72. The number of para-hydroxylation sites is 1. The monoisotopic (exact) mass is 466 g/mol. The minimum absolute atomic E-state index is 0.0826. The molecule has 0 radical (unpaired) electrons. The van der Waals surface area contributed by atoms with Gasteiger partial charge in [-0.25, -0.2) is 5.43 Å². The van der Waals surface area contributed by atoms with E-state index in [0.717, 1.165) is 11.3 Å². The second-order valence-corrected chi connectivity index (χ2v) is 7.14. The van der Waals surface area contributed by atoms with Crippen molar-refractivity contribution in [3.63, 3.8) is 0 Å². The van der Waals surface area contributed by atoms with Gasteiger partial charge in [-0.3, -0.25) is 4.79 Å². The number of nitrogens with one attached hydrogen (secondary N) is 1.